The normalized spacial score (nSPS) is 12.0. The summed E-state index contributed by atoms with van der Waals surface area (Å²) in [5, 5.41) is 9.48. The summed E-state index contributed by atoms with van der Waals surface area (Å²) >= 11 is 1.30. The molecule has 0 saturated heterocycles. The van der Waals surface area contributed by atoms with Crippen molar-refractivity contribution in [1.82, 2.24) is 30.0 Å². The van der Waals surface area contributed by atoms with E-state index in [0.717, 1.165) is 35.9 Å². The second-order valence-electron chi connectivity index (χ2n) is 9.23. The van der Waals surface area contributed by atoms with Gasteiger partial charge in [-0.15, -0.1) is 11.3 Å². The second-order valence-corrected chi connectivity index (χ2v) is 10.1. The molecule has 5 rings (SSSR count). The fraction of sp³-hybridized carbons (Fsp3) is 0.250. The SMILES string of the molecule is Cn1ncc(C(=O)CCCCC[C@H](NC(=O)c2cncs2)c2ncc(-c3ccc4ccccc4c3)[nH]2)c1N. The largest absolute Gasteiger partial charge is 0.383 e. The van der Waals surface area contributed by atoms with Crippen LogP contribution < -0.4 is 11.1 Å². The minimum atomic E-state index is -0.302. The van der Waals surface area contributed by atoms with Gasteiger partial charge < -0.3 is 16.0 Å². The van der Waals surface area contributed by atoms with Gasteiger partial charge in [0.2, 0.25) is 0 Å². The number of aromatic nitrogens is 5. The van der Waals surface area contributed by atoms with E-state index >= 15 is 0 Å². The van der Waals surface area contributed by atoms with Crippen molar-refractivity contribution in [2.24, 2.45) is 7.05 Å². The van der Waals surface area contributed by atoms with Crippen LogP contribution in [0.15, 0.2) is 66.6 Å². The Morgan fingerprint density at radius 3 is 2.68 bits per heavy atom. The smallest absolute Gasteiger partial charge is 0.263 e. The summed E-state index contributed by atoms with van der Waals surface area (Å²) in [5.41, 5.74) is 9.95. The van der Waals surface area contributed by atoms with Gasteiger partial charge in [0.15, 0.2) is 5.78 Å². The molecule has 0 saturated carbocycles. The number of anilines is 1. The lowest BCUT2D eigenvalue weighted by Gasteiger charge is -2.16. The summed E-state index contributed by atoms with van der Waals surface area (Å²) in [7, 11) is 1.72. The quantitative estimate of drug-likeness (QED) is 0.158. The first-order chi connectivity index (χ1) is 18.5. The number of nitrogens with zero attached hydrogens (tertiary/aromatic N) is 4. The van der Waals surface area contributed by atoms with E-state index in [1.165, 1.54) is 27.6 Å². The number of aryl methyl sites for hydroxylation is 1. The number of nitrogen functional groups attached to an aromatic ring is 1. The van der Waals surface area contributed by atoms with Crippen LogP contribution >= 0.6 is 11.3 Å². The molecule has 38 heavy (non-hydrogen) atoms. The van der Waals surface area contributed by atoms with Crippen molar-refractivity contribution < 1.29 is 9.59 Å². The van der Waals surface area contributed by atoms with E-state index in [1.807, 2.05) is 18.3 Å². The van der Waals surface area contributed by atoms with E-state index in [4.69, 9.17) is 5.73 Å². The number of imidazole rings is 1. The van der Waals surface area contributed by atoms with Gasteiger partial charge in [-0.3, -0.25) is 19.3 Å². The Morgan fingerprint density at radius 2 is 1.92 bits per heavy atom. The van der Waals surface area contributed by atoms with Gasteiger partial charge >= 0.3 is 0 Å². The number of hydrogen-bond acceptors (Lipinski definition) is 7. The first kappa shape index (κ1) is 25.3. The van der Waals surface area contributed by atoms with E-state index in [2.05, 4.69) is 55.7 Å². The number of rotatable bonds is 11. The molecule has 0 unspecified atom stereocenters. The number of unbranched alkanes of at least 4 members (excludes halogenated alkanes) is 2. The van der Waals surface area contributed by atoms with E-state index < -0.39 is 0 Å². The van der Waals surface area contributed by atoms with Gasteiger partial charge in [-0.1, -0.05) is 49.2 Å². The van der Waals surface area contributed by atoms with Crippen LogP contribution in [0, 0.1) is 0 Å². The lowest BCUT2D eigenvalue weighted by atomic mass is 10.0. The lowest BCUT2D eigenvalue weighted by molar-refractivity contribution is 0.0935. The highest BCUT2D eigenvalue weighted by molar-refractivity contribution is 7.11. The van der Waals surface area contributed by atoms with Crippen molar-refractivity contribution in [2.75, 3.05) is 5.73 Å². The van der Waals surface area contributed by atoms with Crippen LogP contribution in [0.5, 0.6) is 0 Å². The van der Waals surface area contributed by atoms with Crippen LogP contribution in [-0.2, 0) is 7.05 Å². The summed E-state index contributed by atoms with van der Waals surface area (Å²) in [6, 6.07) is 14.2. The number of H-pyrrole nitrogens is 1. The predicted octanol–water partition coefficient (Wildman–Crippen LogP) is 5.31. The number of ketones is 1. The number of hydrogen-bond donors (Lipinski definition) is 3. The first-order valence-corrected chi connectivity index (χ1v) is 13.4. The molecular formula is C28H29N7O2S. The minimum Gasteiger partial charge on any atom is -0.383 e. The molecule has 194 valence electrons. The van der Waals surface area contributed by atoms with Crippen LogP contribution in [0.25, 0.3) is 22.0 Å². The summed E-state index contributed by atoms with van der Waals surface area (Å²) < 4.78 is 1.50. The highest BCUT2D eigenvalue weighted by Crippen LogP contribution is 2.26. The molecule has 3 heterocycles. The van der Waals surface area contributed by atoms with Crippen molar-refractivity contribution in [3.8, 4) is 11.3 Å². The van der Waals surface area contributed by atoms with Gasteiger partial charge in [0, 0.05) is 19.0 Å². The number of Topliss-reactive ketones (excluding diaryl/α,β-unsaturated/α-hetero) is 1. The molecule has 3 aromatic heterocycles. The predicted molar refractivity (Wildman–Crippen MR) is 149 cm³/mol. The molecule has 4 N–H and O–H groups in total. The van der Waals surface area contributed by atoms with Crippen molar-refractivity contribution in [3.63, 3.8) is 0 Å². The van der Waals surface area contributed by atoms with Gasteiger partial charge in [-0.05, 0) is 29.7 Å². The van der Waals surface area contributed by atoms with Gasteiger partial charge in [-0.2, -0.15) is 5.10 Å². The Balaban J connectivity index is 1.25. The molecule has 0 radical (unpaired) electrons. The number of carbonyl (C=O) groups is 2. The van der Waals surface area contributed by atoms with Crippen molar-refractivity contribution in [1.29, 1.82) is 0 Å². The average molecular weight is 528 g/mol. The summed E-state index contributed by atoms with van der Waals surface area (Å²) in [5.74, 6) is 0.909. The zero-order chi connectivity index (χ0) is 26.5. The Hall–Kier alpha value is -4.31. The fourth-order valence-corrected chi connectivity index (χ4v) is 4.98. The van der Waals surface area contributed by atoms with Gasteiger partial charge in [0.25, 0.3) is 5.91 Å². The summed E-state index contributed by atoms with van der Waals surface area (Å²) in [4.78, 5) is 37.9. The van der Waals surface area contributed by atoms with Crippen LogP contribution in [0.3, 0.4) is 0 Å². The molecular weight excluding hydrogens is 498 g/mol. The van der Waals surface area contributed by atoms with E-state index in [1.54, 1.807) is 18.8 Å². The molecule has 0 aliphatic heterocycles. The van der Waals surface area contributed by atoms with Gasteiger partial charge in [0.05, 0.1) is 41.4 Å². The van der Waals surface area contributed by atoms with Crippen LogP contribution in [0.4, 0.5) is 5.82 Å². The standard InChI is InChI=1S/C28H29N7O2S/c1-35-26(29)21(14-32-35)24(36)10-4-2-3-9-22(34-28(37)25-16-30-17-38-25)27-31-15-23(33-27)20-12-11-18-7-5-6-8-19(18)13-20/h5-8,11-17,22H,2-4,9-10,29H2,1H3,(H,31,33)(H,34,37)/t22-/m0/s1. The Kier molecular flexibility index (Phi) is 7.60. The first-order valence-electron chi connectivity index (χ1n) is 12.5. The third-order valence-electron chi connectivity index (χ3n) is 6.63. The zero-order valence-electron chi connectivity index (χ0n) is 21.1. The Bertz CT molecular complexity index is 1550. The maximum atomic E-state index is 12.8. The number of amides is 1. The van der Waals surface area contributed by atoms with E-state index in [-0.39, 0.29) is 17.7 Å². The maximum Gasteiger partial charge on any atom is 0.263 e. The number of thiazole rings is 1. The van der Waals surface area contributed by atoms with Crippen molar-refractivity contribution >= 4 is 39.6 Å². The Labute approximate surface area is 224 Å². The fourth-order valence-electron chi connectivity index (χ4n) is 4.46. The third-order valence-corrected chi connectivity index (χ3v) is 7.40. The maximum absolute atomic E-state index is 12.8. The number of aromatic amines is 1. The monoisotopic (exact) mass is 527 g/mol. The molecule has 2 aromatic carbocycles. The second kappa shape index (κ2) is 11.4. The molecule has 0 fully saturated rings. The van der Waals surface area contributed by atoms with Crippen LogP contribution in [0.2, 0.25) is 0 Å². The van der Waals surface area contributed by atoms with E-state index in [9.17, 15) is 9.59 Å². The molecule has 1 amide bonds. The average Bonchev–Trinajstić information content (AvgIpc) is 3.70. The topological polar surface area (TPSA) is 132 Å². The number of fused-ring (bicyclic) bond motifs is 1. The molecule has 0 aliphatic carbocycles. The molecule has 0 bridgehead atoms. The highest BCUT2D eigenvalue weighted by atomic mass is 32.1. The molecule has 10 heteroatoms. The molecule has 1 atom stereocenters. The van der Waals surface area contributed by atoms with Gasteiger partial charge in [-0.25, -0.2) is 4.98 Å². The lowest BCUT2D eigenvalue weighted by Crippen LogP contribution is -2.28. The van der Waals surface area contributed by atoms with Crippen molar-refractivity contribution in [2.45, 2.75) is 38.1 Å². The molecule has 0 aliphatic rings. The molecule has 0 spiro atoms. The van der Waals surface area contributed by atoms with Crippen LogP contribution in [-0.4, -0.2) is 36.4 Å². The number of benzene rings is 2. The number of carbonyl (C=O) groups excluding carboxylic acids is 2. The highest BCUT2D eigenvalue weighted by Gasteiger charge is 2.20. The summed E-state index contributed by atoms with van der Waals surface area (Å²) in [6.07, 6.45) is 8.35. The number of nitrogens with two attached hydrogens (primary N) is 1. The Morgan fingerprint density at radius 1 is 1.08 bits per heavy atom. The third kappa shape index (κ3) is 5.65. The molecule has 9 nitrogen and oxygen atoms in total. The zero-order valence-corrected chi connectivity index (χ0v) is 21.9. The van der Waals surface area contributed by atoms with Crippen molar-refractivity contribution in [3.05, 3.63) is 82.8 Å². The van der Waals surface area contributed by atoms with E-state index in [0.29, 0.717) is 34.9 Å². The minimum absolute atomic E-state index is 0.00305. The van der Waals surface area contributed by atoms with Crippen LogP contribution in [0.1, 0.15) is 64.0 Å². The number of nitrogens with one attached hydrogen (secondary N) is 2. The summed E-state index contributed by atoms with van der Waals surface area (Å²) in [6.45, 7) is 0. The van der Waals surface area contributed by atoms with Gasteiger partial charge in [0.1, 0.15) is 16.5 Å². The molecule has 5 aromatic rings.